The quantitative estimate of drug-likeness (QED) is 0.904. The Morgan fingerprint density at radius 2 is 2.00 bits per heavy atom. The first-order chi connectivity index (χ1) is 9.69. The maximum absolute atomic E-state index is 12.1. The zero-order valence-electron chi connectivity index (χ0n) is 12.6. The van der Waals surface area contributed by atoms with Crippen molar-refractivity contribution >= 4 is 22.9 Å². The van der Waals surface area contributed by atoms with Crippen LogP contribution in [0.5, 0.6) is 0 Å². The molecule has 0 fully saturated rings. The Morgan fingerprint density at radius 1 is 1.33 bits per heavy atom. The first-order valence-corrected chi connectivity index (χ1v) is 6.69. The number of amides is 1. The molecular formula is C15H19N3O3. The average molecular weight is 289 g/mol. The minimum absolute atomic E-state index is 0.114. The number of para-hydroxylation sites is 1. The fourth-order valence-corrected chi connectivity index (χ4v) is 2.24. The van der Waals surface area contributed by atoms with Crippen LogP contribution in [0.1, 0.15) is 37.0 Å². The van der Waals surface area contributed by atoms with E-state index in [1.807, 2.05) is 20.8 Å². The Bertz CT molecular complexity index is 711. The fraction of sp³-hybridized carbons (Fsp3) is 0.400. The van der Waals surface area contributed by atoms with Crippen LogP contribution in [0.3, 0.4) is 0 Å². The predicted octanol–water partition coefficient (Wildman–Crippen LogP) is 1.96. The Balaban J connectivity index is 2.41. The van der Waals surface area contributed by atoms with Gasteiger partial charge in [-0.05, 0) is 39.8 Å². The highest BCUT2D eigenvalue weighted by atomic mass is 16.4. The van der Waals surface area contributed by atoms with E-state index >= 15 is 0 Å². The molecule has 0 bridgehead atoms. The third-order valence-electron chi connectivity index (χ3n) is 3.02. The van der Waals surface area contributed by atoms with Crippen LogP contribution in [0.4, 0.5) is 0 Å². The molecule has 112 valence electrons. The van der Waals surface area contributed by atoms with Gasteiger partial charge in [0.25, 0.3) is 0 Å². The van der Waals surface area contributed by atoms with Crippen molar-refractivity contribution in [3.8, 4) is 0 Å². The summed E-state index contributed by atoms with van der Waals surface area (Å²) in [5.74, 6) is -0.544. The summed E-state index contributed by atoms with van der Waals surface area (Å²) in [7, 11) is 0. The summed E-state index contributed by atoms with van der Waals surface area (Å²) >= 11 is 0. The van der Waals surface area contributed by atoms with Gasteiger partial charge >= 0.3 is 5.97 Å². The Morgan fingerprint density at radius 3 is 2.57 bits per heavy atom. The van der Waals surface area contributed by atoms with E-state index in [-0.39, 0.29) is 23.6 Å². The van der Waals surface area contributed by atoms with Crippen LogP contribution in [0.25, 0.3) is 11.0 Å². The Hall–Kier alpha value is -2.37. The number of aromatic nitrogens is 2. The summed E-state index contributed by atoms with van der Waals surface area (Å²) in [6.07, 6.45) is 0. The molecule has 6 nitrogen and oxygen atoms in total. The molecule has 0 unspecified atom stereocenters. The molecule has 0 saturated carbocycles. The highest BCUT2D eigenvalue weighted by Crippen LogP contribution is 2.20. The maximum Gasteiger partial charge on any atom is 0.337 e. The molecule has 6 heteroatoms. The van der Waals surface area contributed by atoms with E-state index in [1.165, 1.54) is 6.07 Å². The van der Waals surface area contributed by atoms with Gasteiger partial charge in [0.1, 0.15) is 17.9 Å². The number of hydrogen-bond donors (Lipinski definition) is 2. The van der Waals surface area contributed by atoms with Crippen LogP contribution >= 0.6 is 0 Å². The lowest BCUT2D eigenvalue weighted by atomic mass is 10.1. The van der Waals surface area contributed by atoms with Crippen molar-refractivity contribution in [2.45, 2.75) is 39.8 Å². The van der Waals surface area contributed by atoms with Crippen molar-refractivity contribution in [2.24, 2.45) is 0 Å². The number of benzene rings is 1. The van der Waals surface area contributed by atoms with E-state index in [2.05, 4.69) is 10.3 Å². The van der Waals surface area contributed by atoms with Crippen molar-refractivity contribution in [1.29, 1.82) is 0 Å². The number of carbonyl (C=O) groups excluding carboxylic acids is 1. The molecule has 0 aliphatic rings. The number of aryl methyl sites for hydroxylation is 1. The topological polar surface area (TPSA) is 84.2 Å². The van der Waals surface area contributed by atoms with Gasteiger partial charge in [0.15, 0.2) is 0 Å². The molecule has 0 saturated heterocycles. The SMILES string of the molecule is Cc1nc2c(C(=O)O)cccc2n1CC(=O)NC(C)(C)C. The molecule has 0 spiro atoms. The minimum atomic E-state index is -1.02. The number of hydrogen-bond acceptors (Lipinski definition) is 3. The van der Waals surface area contributed by atoms with E-state index in [9.17, 15) is 14.7 Å². The molecule has 1 amide bonds. The van der Waals surface area contributed by atoms with Crippen LogP contribution in [0.15, 0.2) is 18.2 Å². The van der Waals surface area contributed by atoms with Crippen molar-refractivity contribution in [2.75, 3.05) is 0 Å². The van der Waals surface area contributed by atoms with Gasteiger partial charge in [-0.1, -0.05) is 6.07 Å². The summed E-state index contributed by atoms with van der Waals surface area (Å²) in [5, 5.41) is 12.1. The second-order valence-corrected chi connectivity index (χ2v) is 6.02. The lowest BCUT2D eigenvalue weighted by Crippen LogP contribution is -2.42. The Labute approximate surface area is 122 Å². The summed E-state index contributed by atoms with van der Waals surface area (Å²) in [6.45, 7) is 7.60. The van der Waals surface area contributed by atoms with Gasteiger partial charge in [0.05, 0.1) is 11.1 Å². The standard InChI is InChI=1S/C15H19N3O3/c1-9-16-13-10(14(20)21)6-5-7-11(13)18(9)8-12(19)17-15(2,3)4/h5-7H,8H2,1-4H3,(H,17,19)(H,20,21). The number of carboxylic acids is 1. The van der Waals surface area contributed by atoms with Crippen molar-refractivity contribution in [3.63, 3.8) is 0 Å². The molecule has 2 aromatic rings. The lowest BCUT2D eigenvalue weighted by Gasteiger charge is -2.21. The smallest absolute Gasteiger partial charge is 0.337 e. The minimum Gasteiger partial charge on any atom is -0.478 e. The van der Waals surface area contributed by atoms with Gasteiger partial charge in [-0.2, -0.15) is 0 Å². The molecule has 0 radical (unpaired) electrons. The van der Waals surface area contributed by atoms with E-state index in [1.54, 1.807) is 23.6 Å². The molecule has 21 heavy (non-hydrogen) atoms. The predicted molar refractivity (Wildman–Crippen MR) is 79.3 cm³/mol. The normalized spacial score (nSPS) is 11.6. The van der Waals surface area contributed by atoms with Gasteiger partial charge in [0.2, 0.25) is 5.91 Å². The van der Waals surface area contributed by atoms with Gasteiger partial charge in [-0.3, -0.25) is 4.79 Å². The van der Waals surface area contributed by atoms with E-state index in [4.69, 9.17) is 0 Å². The van der Waals surface area contributed by atoms with E-state index in [0.717, 1.165) is 0 Å². The monoisotopic (exact) mass is 289 g/mol. The van der Waals surface area contributed by atoms with Gasteiger partial charge in [0, 0.05) is 5.54 Å². The zero-order chi connectivity index (χ0) is 15.8. The van der Waals surface area contributed by atoms with Gasteiger partial charge < -0.3 is 15.0 Å². The van der Waals surface area contributed by atoms with Crippen LogP contribution in [-0.4, -0.2) is 32.1 Å². The van der Waals surface area contributed by atoms with Gasteiger partial charge in [-0.25, -0.2) is 9.78 Å². The maximum atomic E-state index is 12.1. The first kappa shape index (κ1) is 15.0. The number of carbonyl (C=O) groups is 2. The second kappa shape index (κ2) is 5.20. The summed E-state index contributed by atoms with van der Waals surface area (Å²) in [6, 6.07) is 4.94. The number of imidazole rings is 1. The summed E-state index contributed by atoms with van der Waals surface area (Å²) in [4.78, 5) is 27.6. The number of aromatic carboxylic acids is 1. The molecule has 0 aliphatic heterocycles. The van der Waals surface area contributed by atoms with Gasteiger partial charge in [-0.15, -0.1) is 0 Å². The summed E-state index contributed by atoms with van der Waals surface area (Å²) < 4.78 is 1.73. The number of nitrogens with zero attached hydrogens (tertiary/aromatic N) is 2. The molecule has 2 rings (SSSR count). The number of fused-ring (bicyclic) bond motifs is 1. The van der Waals surface area contributed by atoms with Crippen molar-refractivity contribution in [3.05, 3.63) is 29.6 Å². The number of rotatable bonds is 3. The van der Waals surface area contributed by atoms with Crippen molar-refractivity contribution in [1.82, 2.24) is 14.9 Å². The highest BCUT2D eigenvalue weighted by Gasteiger charge is 2.18. The molecule has 2 N–H and O–H groups in total. The van der Waals surface area contributed by atoms with Crippen molar-refractivity contribution < 1.29 is 14.7 Å². The highest BCUT2D eigenvalue weighted by molar-refractivity contribution is 6.01. The zero-order valence-corrected chi connectivity index (χ0v) is 12.6. The third-order valence-corrected chi connectivity index (χ3v) is 3.02. The molecule has 1 heterocycles. The van der Waals surface area contributed by atoms with Crippen LogP contribution in [-0.2, 0) is 11.3 Å². The molecule has 1 aromatic carbocycles. The molecular weight excluding hydrogens is 270 g/mol. The first-order valence-electron chi connectivity index (χ1n) is 6.69. The lowest BCUT2D eigenvalue weighted by molar-refractivity contribution is -0.123. The van der Waals surface area contributed by atoms with Crippen LogP contribution in [0.2, 0.25) is 0 Å². The molecule has 0 atom stereocenters. The van der Waals surface area contributed by atoms with Crippen LogP contribution in [0, 0.1) is 6.92 Å². The number of nitrogens with one attached hydrogen (secondary N) is 1. The fourth-order valence-electron chi connectivity index (χ4n) is 2.24. The third kappa shape index (κ3) is 3.21. The largest absolute Gasteiger partial charge is 0.478 e. The second-order valence-electron chi connectivity index (χ2n) is 6.02. The molecule has 1 aromatic heterocycles. The number of carboxylic acid groups (broad SMARTS) is 1. The molecule has 0 aliphatic carbocycles. The summed E-state index contributed by atoms with van der Waals surface area (Å²) in [5.41, 5.74) is 0.890. The van der Waals surface area contributed by atoms with Crippen LogP contribution < -0.4 is 5.32 Å². The van der Waals surface area contributed by atoms with E-state index in [0.29, 0.717) is 16.9 Å². The Kier molecular flexibility index (Phi) is 3.72. The average Bonchev–Trinajstić information content (AvgIpc) is 2.63. The van der Waals surface area contributed by atoms with E-state index < -0.39 is 5.97 Å².